The third kappa shape index (κ3) is 3.59. The van der Waals surface area contributed by atoms with Gasteiger partial charge in [0.05, 0.1) is 17.7 Å². The zero-order valence-electron chi connectivity index (χ0n) is 14.2. The Bertz CT molecular complexity index is 987. The fourth-order valence-corrected chi connectivity index (χ4v) is 2.70. The quantitative estimate of drug-likeness (QED) is 0.833. The van der Waals surface area contributed by atoms with Gasteiger partial charge in [-0.1, -0.05) is 36.9 Å². The highest BCUT2D eigenvalue weighted by Gasteiger charge is 2.32. The largest absolute Gasteiger partial charge is 0.330 e. The van der Waals surface area contributed by atoms with Crippen LogP contribution in [0.15, 0.2) is 52.7 Å². The molecule has 1 heterocycles. The number of allylic oxidation sites excluding steroid dienone is 1. The number of hydrogen-bond donors (Lipinski definition) is 0. The van der Waals surface area contributed by atoms with Gasteiger partial charge < -0.3 is 4.57 Å². The zero-order valence-corrected chi connectivity index (χ0v) is 14.2. The molecule has 6 heteroatoms. The van der Waals surface area contributed by atoms with Crippen molar-refractivity contribution in [1.29, 1.82) is 10.5 Å². The third-order valence-electron chi connectivity index (χ3n) is 4.12. The Labute approximate surface area is 145 Å². The number of aryl methyl sites for hydroxylation is 1. The predicted octanol–water partition coefficient (Wildman–Crippen LogP) is 1.76. The molecule has 126 valence electrons. The Morgan fingerprint density at radius 3 is 2.32 bits per heavy atom. The van der Waals surface area contributed by atoms with Crippen LogP contribution in [0.3, 0.4) is 0 Å². The molecule has 0 aliphatic rings. The first-order chi connectivity index (χ1) is 11.8. The number of hydrogen-bond acceptors (Lipinski definition) is 4. The van der Waals surface area contributed by atoms with Crippen LogP contribution < -0.4 is 11.2 Å². The summed E-state index contributed by atoms with van der Waals surface area (Å²) in [6.07, 6.45) is 1.64. The summed E-state index contributed by atoms with van der Waals surface area (Å²) in [5, 5.41) is 19.2. The Morgan fingerprint density at radius 2 is 1.76 bits per heavy atom. The summed E-state index contributed by atoms with van der Waals surface area (Å²) >= 11 is 0. The molecule has 0 saturated heterocycles. The molecule has 0 amide bonds. The van der Waals surface area contributed by atoms with Crippen molar-refractivity contribution >= 4 is 5.57 Å². The van der Waals surface area contributed by atoms with Crippen molar-refractivity contribution in [2.24, 2.45) is 19.5 Å². The summed E-state index contributed by atoms with van der Waals surface area (Å²) in [6, 6.07) is 13.4. The standard InChI is InChI=1S/C19H18N4O2/c1-14(16-11-22(2)18(25)23(3)17(16)24)9-19(12-20,13-21)10-15-7-5-4-6-8-15/h4-8,11H,1,9-10H2,2-3H3. The van der Waals surface area contributed by atoms with Gasteiger partial charge in [0.1, 0.15) is 0 Å². The van der Waals surface area contributed by atoms with E-state index in [0.29, 0.717) is 5.57 Å². The van der Waals surface area contributed by atoms with Gasteiger partial charge in [0.25, 0.3) is 5.56 Å². The monoisotopic (exact) mass is 334 g/mol. The minimum atomic E-state index is -1.34. The van der Waals surface area contributed by atoms with Gasteiger partial charge in [-0.25, -0.2) is 4.79 Å². The number of rotatable bonds is 5. The van der Waals surface area contributed by atoms with Gasteiger partial charge in [-0.3, -0.25) is 9.36 Å². The molecule has 0 fully saturated rings. The number of nitrogens with zero attached hydrogens (tertiary/aromatic N) is 4. The molecule has 0 aliphatic carbocycles. The van der Waals surface area contributed by atoms with Crippen molar-refractivity contribution in [3.05, 3.63) is 75.1 Å². The topological polar surface area (TPSA) is 91.6 Å². The molecule has 0 aliphatic heterocycles. The van der Waals surface area contributed by atoms with Crippen LogP contribution in [0.1, 0.15) is 17.5 Å². The average molecular weight is 334 g/mol. The van der Waals surface area contributed by atoms with Crippen molar-refractivity contribution < 1.29 is 0 Å². The number of nitriles is 2. The molecule has 1 aromatic carbocycles. The van der Waals surface area contributed by atoms with E-state index in [4.69, 9.17) is 0 Å². The molecular weight excluding hydrogens is 316 g/mol. The van der Waals surface area contributed by atoms with E-state index in [1.165, 1.54) is 24.9 Å². The van der Waals surface area contributed by atoms with Gasteiger partial charge in [0.2, 0.25) is 0 Å². The van der Waals surface area contributed by atoms with Crippen LogP contribution in [0.5, 0.6) is 0 Å². The highest BCUT2D eigenvalue weighted by molar-refractivity contribution is 5.63. The third-order valence-corrected chi connectivity index (χ3v) is 4.12. The second-order valence-electron chi connectivity index (χ2n) is 6.05. The van der Waals surface area contributed by atoms with E-state index in [-0.39, 0.29) is 18.4 Å². The van der Waals surface area contributed by atoms with Crippen molar-refractivity contribution in [3.8, 4) is 12.1 Å². The Kier molecular flexibility index (Phi) is 5.05. The summed E-state index contributed by atoms with van der Waals surface area (Å²) in [4.78, 5) is 24.1. The van der Waals surface area contributed by atoms with Gasteiger partial charge in [0.15, 0.2) is 5.41 Å². The number of benzene rings is 1. The lowest BCUT2D eigenvalue weighted by Crippen LogP contribution is -2.38. The molecule has 0 radical (unpaired) electrons. The molecule has 0 saturated carbocycles. The molecule has 25 heavy (non-hydrogen) atoms. The lowest BCUT2D eigenvalue weighted by atomic mass is 9.78. The van der Waals surface area contributed by atoms with Crippen LogP contribution in [0.25, 0.3) is 5.57 Å². The highest BCUT2D eigenvalue weighted by Crippen LogP contribution is 2.32. The normalized spacial score (nSPS) is 10.7. The second kappa shape index (κ2) is 7.02. The van der Waals surface area contributed by atoms with Gasteiger partial charge in [0, 0.05) is 33.1 Å². The van der Waals surface area contributed by atoms with E-state index >= 15 is 0 Å². The molecular formula is C19H18N4O2. The van der Waals surface area contributed by atoms with E-state index in [0.717, 1.165) is 10.1 Å². The molecule has 2 rings (SSSR count). The lowest BCUT2D eigenvalue weighted by Gasteiger charge is -2.20. The first-order valence-corrected chi connectivity index (χ1v) is 7.65. The van der Waals surface area contributed by atoms with Crippen molar-refractivity contribution in [3.63, 3.8) is 0 Å². The van der Waals surface area contributed by atoms with Gasteiger partial charge >= 0.3 is 5.69 Å². The molecule has 0 bridgehead atoms. The smallest absolute Gasteiger partial charge is 0.303 e. The highest BCUT2D eigenvalue weighted by atomic mass is 16.2. The van der Waals surface area contributed by atoms with Crippen LogP contribution in [0.2, 0.25) is 0 Å². The fourth-order valence-electron chi connectivity index (χ4n) is 2.70. The van der Waals surface area contributed by atoms with Gasteiger partial charge in [-0.15, -0.1) is 0 Å². The van der Waals surface area contributed by atoms with Crippen LogP contribution in [0, 0.1) is 28.1 Å². The van der Waals surface area contributed by atoms with E-state index in [9.17, 15) is 20.1 Å². The van der Waals surface area contributed by atoms with Crippen molar-refractivity contribution in [2.75, 3.05) is 0 Å². The number of aromatic nitrogens is 2. The van der Waals surface area contributed by atoms with Crippen molar-refractivity contribution in [2.45, 2.75) is 12.8 Å². The van der Waals surface area contributed by atoms with E-state index < -0.39 is 16.7 Å². The summed E-state index contributed by atoms with van der Waals surface area (Å²) < 4.78 is 2.26. The first-order valence-electron chi connectivity index (χ1n) is 7.65. The molecule has 0 spiro atoms. The van der Waals surface area contributed by atoms with E-state index in [1.807, 2.05) is 30.3 Å². The Balaban J connectivity index is 2.40. The molecule has 0 N–H and O–H groups in total. The van der Waals surface area contributed by atoms with Gasteiger partial charge in [-0.05, 0) is 11.1 Å². The minimum absolute atomic E-state index is 0.0162. The predicted molar refractivity (Wildman–Crippen MR) is 94.4 cm³/mol. The molecule has 2 aromatic rings. The van der Waals surface area contributed by atoms with Crippen molar-refractivity contribution in [1.82, 2.24) is 9.13 Å². The first kappa shape index (κ1) is 18.0. The van der Waals surface area contributed by atoms with Crippen LogP contribution in [-0.2, 0) is 20.5 Å². The van der Waals surface area contributed by atoms with E-state index in [2.05, 4.69) is 18.7 Å². The van der Waals surface area contributed by atoms with Crippen LogP contribution >= 0.6 is 0 Å². The molecule has 0 atom stereocenters. The lowest BCUT2D eigenvalue weighted by molar-refractivity contribution is 0.533. The molecule has 0 unspecified atom stereocenters. The summed E-state index contributed by atoms with van der Waals surface area (Å²) in [5.41, 5.74) is -0.831. The van der Waals surface area contributed by atoms with Crippen LogP contribution in [-0.4, -0.2) is 9.13 Å². The maximum atomic E-state index is 12.3. The van der Waals surface area contributed by atoms with E-state index in [1.54, 1.807) is 0 Å². The second-order valence-corrected chi connectivity index (χ2v) is 6.05. The Hall–Kier alpha value is -3.38. The summed E-state index contributed by atoms with van der Waals surface area (Å²) in [7, 11) is 2.91. The maximum absolute atomic E-state index is 12.3. The average Bonchev–Trinajstić information content (AvgIpc) is 2.63. The maximum Gasteiger partial charge on any atom is 0.330 e. The minimum Gasteiger partial charge on any atom is -0.303 e. The molecule has 1 aromatic heterocycles. The summed E-state index contributed by atoms with van der Waals surface area (Å²) in [5.74, 6) is 0. The molecule has 6 nitrogen and oxygen atoms in total. The summed E-state index contributed by atoms with van der Waals surface area (Å²) in [6.45, 7) is 3.89. The zero-order chi connectivity index (χ0) is 18.6. The SMILES string of the molecule is C=C(CC(C#N)(C#N)Cc1ccccc1)c1cn(C)c(=O)n(C)c1=O. The fraction of sp³-hybridized carbons (Fsp3) is 0.263. The van der Waals surface area contributed by atoms with Gasteiger partial charge in [-0.2, -0.15) is 10.5 Å². The van der Waals surface area contributed by atoms with Crippen LogP contribution in [0.4, 0.5) is 0 Å². The Morgan fingerprint density at radius 1 is 1.16 bits per heavy atom.